The van der Waals surface area contributed by atoms with Gasteiger partial charge in [-0.25, -0.2) is 4.39 Å². The summed E-state index contributed by atoms with van der Waals surface area (Å²) < 4.78 is 14.4. The maximum atomic E-state index is 13.7. The predicted octanol–water partition coefficient (Wildman–Crippen LogP) is 3.14. The molecule has 6 heteroatoms. The van der Waals surface area contributed by atoms with Crippen molar-refractivity contribution >= 4 is 27.5 Å². The van der Waals surface area contributed by atoms with Crippen molar-refractivity contribution in [2.45, 2.75) is 0 Å². The largest absolute Gasteiger partial charge is 0.369 e. The van der Waals surface area contributed by atoms with Crippen LogP contribution in [-0.4, -0.2) is 50.1 Å². The fourth-order valence-corrected chi connectivity index (χ4v) is 3.32. The summed E-state index contributed by atoms with van der Waals surface area (Å²) in [5.41, 5.74) is 1.32. The first-order valence-electron chi connectivity index (χ1n) is 8.39. The van der Waals surface area contributed by atoms with Crippen LogP contribution in [0.2, 0.25) is 0 Å². The molecule has 1 heterocycles. The van der Waals surface area contributed by atoms with Gasteiger partial charge in [0.05, 0.1) is 5.56 Å². The van der Waals surface area contributed by atoms with Gasteiger partial charge in [0.25, 0.3) is 5.91 Å². The van der Waals surface area contributed by atoms with Crippen LogP contribution in [0.15, 0.2) is 53.0 Å². The number of anilines is 1. The third kappa shape index (κ3) is 4.80. The minimum Gasteiger partial charge on any atom is -0.369 e. The van der Waals surface area contributed by atoms with Gasteiger partial charge in [-0.1, -0.05) is 34.1 Å². The van der Waals surface area contributed by atoms with E-state index < -0.39 is 5.82 Å². The van der Waals surface area contributed by atoms with E-state index in [4.69, 9.17) is 0 Å². The highest BCUT2D eigenvalue weighted by atomic mass is 79.9. The highest BCUT2D eigenvalue weighted by Crippen LogP contribution is 2.16. The van der Waals surface area contributed by atoms with Gasteiger partial charge in [-0.15, -0.1) is 0 Å². The van der Waals surface area contributed by atoms with Crippen molar-refractivity contribution in [3.8, 4) is 0 Å². The highest BCUT2D eigenvalue weighted by molar-refractivity contribution is 9.10. The molecule has 1 saturated heterocycles. The van der Waals surface area contributed by atoms with Crippen molar-refractivity contribution in [2.75, 3.05) is 44.2 Å². The van der Waals surface area contributed by atoms with Crippen LogP contribution in [0.5, 0.6) is 0 Å². The number of amides is 1. The first kappa shape index (κ1) is 17.9. The summed E-state index contributed by atoms with van der Waals surface area (Å²) in [4.78, 5) is 16.8. The normalized spacial score (nSPS) is 15.2. The van der Waals surface area contributed by atoms with Crippen LogP contribution < -0.4 is 10.2 Å². The fraction of sp³-hybridized carbons (Fsp3) is 0.316. The maximum Gasteiger partial charge on any atom is 0.254 e. The van der Waals surface area contributed by atoms with Gasteiger partial charge in [-0.2, -0.15) is 0 Å². The summed E-state index contributed by atoms with van der Waals surface area (Å²) in [6, 6.07) is 14.8. The molecule has 1 N–H and O–H groups in total. The molecule has 0 bridgehead atoms. The molecular formula is C19H21BrFN3O. The standard InChI is InChI=1S/C19H21BrFN3O/c20-15-6-7-18(21)17(14-15)19(25)22-8-9-23-10-12-24(13-11-23)16-4-2-1-3-5-16/h1-7,14H,8-13H2,(H,22,25). The lowest BCUT2D eigenvalue weighted by molar-refractivity contribution is 0.0943. The Kier molecular flexibility index (Phi) is 6.04. The van der Waals surface area contributed by atoms with Crippen molar-refractivity contribution in [2.24, 2.45) is 0 Å². The van der Waals surface area contributed by atoms with E-state index in [0.29, 0.717) is 11.0 Å². The Labute approximate surface area is 155 Å². The summed E-state index contributed by atoms with van der Waals surface area (Å²) in [6.45, 7) is 5.13. The van der Waals surface area contributed by atoms with E-state index in [2.05, 4.69) is 55.3 Å². The molecule has 1 amide bonds. The summed E-state index contributed by atoms with van der Waals surface area (Å²) in [5.74, 6) is -0.876. The molecule has 1 aliphatic rings. The van der Waals surface area contributed by atoms with Crippen LogP contribution in [-0.2, 0) is 0 Å². The quantitative estimate of drug-likeness (QED) is 0.829. The monoisotopic (exact) mass is 405 g/mol. The number of hydrogen-bond donors (Lipinski definition) is 1. The molecule has 0 radical (unpaired) electrons. The van der Waals surface area contributed by atoms with Crippen molar-refractivity contribution in [1.82, 2.24) is 10.2 Å². The third-order valence-electron chi connectivity index (χ3n) is 4.38. The number of para-hydroxylation sites is 1. The summed E-state index contributed by atoms with van der Waals surface area (Å²) >= 11 is 3.26. The van der Waals surface area contributed by atoms with Crippen LogP contribution in [0.1, 0.15) is 10.4 Å². The Bertz CT molecular complexity index is 718. The molecule has 4 nitrogen and oxygen atoms in total. The second kappa shape index (κ2) is 8.45. The first-order chi connectivity index (χ1) is 12.1. The van der Waals surface area contributed by atoms with E-state index >= 15 is 0 Å². The molecule has 0 aromatic heterocycles. The van der Waals surface area contributed by atoms with Gasteiger partial charge in [-0.3, -0.25) is 9.69 Å². The number of carbonyl (C=O) groups excluding carboxylic acids is 1. The van der Waals surface area contributed by atoms with Gasteiger partial charge in [0.2, 0.25) is 0 Å². The Morgan fingerprint density at radius 2 is 1.80 bits per heavy atom. The second-order valence-corrected chi connectivity index (χ2v) is 6.96. The van der Waals surface area contributed by atoms with E-state index in [1.165, 1.54) is 17.8 Å². The van der Waals surface area contributed by atoms with Gasteiger partial charge in [0.1, 0.15) is 5.82 Å². The van der Waals surface area contributed by atoms with Crippen molar-refractivity contribution in [3.63, 3.8) is 0 Å². The van der Waals surface area contributed by atoms with E-state index in [9.17, 15) is 9.18 Å². The smallest absolute Gasteiger partial charge is 0.254 e. The minimum atomic E-state index is -0.503. The lowest BCUT2D eigenvalue weighted by atomic mass is 10.2. The van der Waals surface area contributed by atoms with Crippen molar-refractivity contribution in [3.05, 3.63) is 64.4 Å². The van der Waals surface area contributed by atoms with E-state index in [1.807, 2.05) is 6.07 Å². The summed E-state index contributed by atoms with van der Waals surface area (Å²) in [5, 5.41) is 2.80. The first-order valence-corrected chi connectivity index (χ1v) is 9.18. The van der Waals surface area contributed by atoms with E-state index in [0.717, 1.165) is 32.7 Å². The molecule has 0 saturated carbocycles. The van der Waals surface area contributed by atoms with Gasteiger partial charge in [0.15, 0.2) is 0 Å². The van der Waals surface area contributed by atoms with Crippen LogP contribution in [0.25, 0.3) is 0 Å². The zero-order valence-corrected chi connectivity index (χ0v) is 15.5. The number of hydrogen-bond acceptors (Lipinski definition) is 3. The van der Waals surface area contributed by atoms with Crippen molar-refractivity contribution < 1.29 is 9.18 Å². The predicted molar refractivity (Wildman–Crippen MR) is 102 cm³/mol. The number of piperazine rings is 1. The third-order valence-corrected chi connectivity index (χ3v) is 4.87. The highest BCUT2D eigenvalue weighted by Gasteiger charge is 2.17. The lowest BCUT2D eigenvalue weighted by Crippen LogP contribution is -2.48. The van der Waals surface area contributed by atoms with Gasteiger partial charge < -0.3 is 10.2 Å². The molecule has 132 valence electrons. The van der Waals surface area contributed by atoms with Crippen LogP contribution in [0.4, 0.5) is 10.1 Å². The average Bonchev–Trinajstić information content (AvgIpc) is 2.65. The Morgan fingerprint density at radius 3 is 2.52 bits per heavy atom. The molecule has 2 aromatic rings. The van der Waals surface area contributed by atoms with E-state index in [1.54, 1.807) is 6.07 Å². The zero-order valence-electron chi connectivity index (χ0n) is 13.9. The van der Waals surface area contributed by atoms with Crippen LogP contribution in [0, 0.1) is 5.82 Å². The summed E-state index contributed by atoms with van der Waals surface area (Å²) in [6.07, 6.45) is 0. The molecule has 25 heavy (non-hydrogen) atoms. The second-order valence-electron chi connectivity index (χ2n) is 6.04. The number of nitrogens with one attached hydrogen (secondary N) is 1. The van der Waals surface area contributed by atoms with Crippen LogP contribution in [0.3, 0.4) is 0 Å². The molecule has 0 unspecified atom stereocenters. The maximum absolute atomic E-state index is 13.7. The van der Waals surface area contributed by atoms with Gasteiger partial charge in [-0.05, 0) is 30.3 Å². The number of nitrogens with zero attached hydrogens (tertiary/aromatic N) is 2. The average molecular weight is 406 g/mol. The Morgan fingerprint density at radius 1 is 1.08 bits per heavy atom. The van der Waals surface area contributed by atoms with Gasteiger partial charge >= 0.3 is 0 Å². The topological polar surface area (TPSA) is 35.6 Å². The number of halogens is 2. The molecule has 1 fully saturated rings. The SMILES string of the molecule is O=C(NCCN1CCN(c2ccccc2)CC1)c1cc(Br)ccc1F. The molecule has 1 aliphatic heterocycles. The molecule has 0 spiro atoms. The Balaban J connectivity index is 1.43. The molecule has 0 atom stereocenters. The fourth-order valence-electron chi connectivity index (χ4n) is 2.96. The molecule has 0 aliphatic carbocycles. The van der Waals surface area contributed by atoms with Crippen molar-refractivity contribution in [1.29, 1.82) is 0 Å². The number of benzene rings is 2. The number of carbonyl (C=O) groups is 1. The van der Waals surface area contributed by atoms with E-state index in [-0.39, 0.29) is 11.5 Å². The van der Waals surface area contributed by atoms with Crippen LogP contribution >= 0.6 is 15.9 Å². The Hall–Kier alpha value is -1.92. The minimum absolute atomic E-state index is 0.0725. The molecule has 2 aromatic carbocycles. The zero-order chi connectivity index (χ0) is 17.6. The molecular weight excluding hydrogens is 385 g/mol. The number of rotatable bonds is 5. The summed E-state index contributed by atoms with van der Waals surface area (Å²) in [7, 11) is 0. The lowest BCUT2D eigenvalue weighted by Gasteiger charge is -2.36. The van der Waals surface area contributed by atoms with Gasteiger partial charge in [0, 0.05) is 49.4 Å². The molecule has 3 rings (SSSR count).